The van der Waals surface area contributed by atoms with Gasteiger partial charge in [-0.3, -0.25) is 9.59 Å². The van der Waals surface area contributed by atoms with Crippen LogP contribution in [0.5, 0.6) is 5.75 Å². The molecular weight excluding hydrogens is 574 g/mol. The van der Waals surface area contributed by atoms with Crippen molar-refractivity contribution in [1.82, 2.24) is 14.9 Å². The van der Waals surface area contributed by atoms with E-state index >= 15 is 0 Å². The second-order valence-electron chi connectivity index (χ2n) is 10.4. The van der Waals surface area contributed by atoms with Gasteiger partial charge in [0.2, 0.25) is 21.8 Å². The number of hydrogen-bond donors (Lipinski definition) is 2. The van der Waals surface area contributed by atoms with Gasteiger partial charge in [0.05, 0.1) is 12.0 Å². The molecule has 0 saturated carbocycles. The monoisotopic (exact) mass is 613 g/mol. The van der Waals surface area contributed by atoms with Gasteiger partial charge in [0.1, 0.15) is 11.8 Å². The molecule has 0 fully saturated rings. The van der Waals surface area contributed by atoms with E-state index in [1.807, 2.05) is 84.9 Å². The van der Waals surface area contributed by atoms with E-state index in [1.54, 1.807) is 43.2 Å². The number of sulfonamides is 1. The van der Waals surface area contributed by atoms with E-state index in [2.05, 4.69) is 10.0 Å². The third kappa shape index (κ3) is 9.26. The number of hydrogen-bond acceptors (Lipinski definition) is 5. The number of ether oxygens (including phenoxy) is 1. The number of carbonyl (C=O) groups excluding carboxylic acids is 2. The van der Waals surface area contributed by atoms with Gasteiger partial charge in [-0.2, -0.15) is 0 Å². The Kier molecular flexibility index (Phi) is 11.7. The molecule has 0 bridgehead atoms. The van der Waals surface area contributed by atoms with E-state index < -0.39 is 16.1 Å². The first kappa shape index (κ1) is 32.4. The average Bonchev–Trinajstić information content (AvgIpc) is 3.05. The first-order valence-electron chi connectivity index (χ1n) is 14.7. The lowest BCUT2D eigenvalue weighted by atomic mass is 10.0. The first-order chi connectivity index (χ1) is 21.3. The second-order valence-corrected chi connectivity index (χ2v) is 12.2. The summed E-state index contributed by atoms with van der Waals surface area (Å²) in [4.78, 5) is 29.6. The van der Waals surface area contributed by atoms with Crippen LogP contribution in [0.2, 0.25) is 0 Å². The largest absolute Gasteiger partial charge is 0.497 e. The van der Waals surface area contributed by atoms with E-state index in [4.69, 9.17) is 4.74 Å². The summed E-state index contributed by atoms with van der Waals surface area (Å²) in [6.45, 7) is 2.60. The van der Waals surface area contributed by atoms with Crippen LogP contribution in [-0.4, -0.2) is 44.8 Å². The van der Waals surface area contributed by atoms with Crippen LogP contribution in [0.1, 0.15) is 35.6 Å². The standard InChI is InChI=1S/C35H39N3O5S/c1-3-37-44(41,42)32-21-16-27(17-22-32)18-23-34(39)38(26-30-14-19-31(43-2)20-15-30)33(24-28-10-6-4-7-11-28)35(40)36-25-29-12-8-5-9-13-29/h4-17,19-22,33,37H,3,18,23-26H2,1-2H3,(H,36,40)/t33-/m1/s1. The highest BCUT2D eigenvalue weighted by Crippen LogP contribution is 2.20. The SMILES string of the molecule is CCNS(=O)(=O)c1ccc(CCC(=O)N(Cc2ccc(OC)cc2)[C@H](Cc2ccccc2)C(=O)NCc2ccccc2)cc1. The average molecular weight is 614 g/mol. The van der Waals surface area contributed by atoms with Gasteiger partial charge in [-0.05, 0) is 52.9 Å². The maximum atomic E-state index is 14.0. The molecule has 0 aliphatic rings. The van der Waals surface area contributed by atoms with Gasteiger partial charge >= 0.3 is 0 Å². The molecule has 9 heteroatoms. The summed E-state index contributed by atoms with van der Waals surface area (Å²) < 4.78 is 32.4. The Morgan fingerprint density at radius 2 is 1.36 bits per heavy atom. The summed E-state index contributed by atoms with van der Waals surface area (Å²) in [5.41, 5.74) is 3.60. The Balaban J connectivity index is 1.59. The first-order valence-corrected chi connectivity index (χ1v) is 16.1. The van der Waals surface area contributed by atoms with Gasteiger partial charge < -0.3 is 15.0 Å². The molecule has 44 heavy (non-hydrogen) atoms. The number of amides is 2. The van der Waals surface area contributed by atoms with Crippen LogP contribution in [0.3, 0.4) is 0 Å². The van der Waals surface area contributed by atoms with Crippen molar-refractivity contribution in [2.45, 2.75) is 50.2 Å². The Morgan fingerprint density at radius 1 is 0.773 bits per heavy atom. The van der Waals surface area contributed by atoms with E-state index in [0.717, 1.165) is 22.3 Å². The van der Waals surface area contributed by atoms with E-state index in [1.165, 1.54) is 0 Å². The number of nitrogens with zero attached hydrogens (tertiary/aromatic N) is 1. The lowest BCUT2D eigenvalue weighted by Gasteiger charge is -2.32. The summed E-state index contributed by atoms with van der Waals surface area (Å²) in [5, 5.41) is 3.05. The van der Waals surface area contributed by atoms with Crippen LogP contribution < -0.4 is 14.8 Å². The van der Waals surface area contributed by atoms with E-state index in [-0.39, 0.29) is 29.7 Å². The molecule has 0 spiro atoms. The summed E-state index contributed by atoms with van der Waals surface area (Å²) >= 11 is 0. The topological polar surface area (TPSA) is 105 Å². The highest BCUT2D eigenvalue weighted by molar-refractivity contribution is 7.89. The molecule has 4 aromatic carbocycles. The molecule has 0 aliphatic carbocycles. The summed E-state index contributed by atoms with van der Waals surface area (Å²) in [6.07, 6.45) is 0.885. The van der Waals surface area contributed by atoms with E-state index in [0.29, 0.717) is 31.7 Å². The predicted molar refractivity (Wildman–Crippen MR) is 171 cm³/mol. The molecule has 0 aliphatic heterocycles. The van der Waals surface area contributed by atoms with Crippen LogP contribution in [0.25, 0.3) is 0 Å². The Morgan fingerprint density at radius 3 is 1.95 bits per heavy atom. The van der Waals surface area contributed by atoms with Crippen molar-refractivity contribution in [1.29, 1.82) is 0 Å². The fraction of sp³-hybridized carbons (Fsp3) is 0.257. The van der Waals surface area contributed by atoms with Gasteiger partial charge in [0.15, 0.2) is 0 Å². The van der Waals surface area contributed by atoms with Crippen molar-refractivity contribution >= 4 is 21.8 Å². The summed E-state index contributed by atoms with van der Waals surface area (Å²) in [6, 6.07) is 32.6. The molecule has 0 unspecified atom stereocenters. The van der Waals surface area contributed by atoms with Gasteiger partial charge in [-0.15, -0.1) is 0 Å². The van der Waals surface area contributed by atoms with Crippen LogP contribution in [0, 0.1) is 0 Å². The van der Waals surface area contributed by atoms with Crippen molar-refractivity contribution < 1.29 is 22.7 Å². The lowest BCUT2D eigenvalue weighted by molar-refractivity contribution is -0.141. The van der Waals surface area contributed by atoms with Crippen molar-refractivity contribution in [2.24, 2.45) is 0 Å². The zero-order valence-corrected chi connectivity index (χ0v) is 25.9. The lowest BCUT2D eigenvalue weighted by Crippen LogP contribution is -2.50. The fourth-order valence-corrected chi connectivity index (χ4v) is 5.93. The van der Waals surface area contributed by atoms with Crippen LogP contribution in [0.15, 0.2) is 114 Å². The summed E-state index contributed by atoms with van der Waals surface area (Å²) in [5.74, 6) is 0.283. The molecule has 2 amide bonds. The number of rotatable bonds is 15. The Labute approximate surface area is 260 Å². The normalized spacial score (nSPS) is 11.9. The number of carbonyl (C=O) groups is 2. The maximum absolute atomic E-state index is 14.0. The molecule has 1 atom stereocenters. The summed E-state index contributed by atoms with van der Waals surface area (Å²) in [7, 11) is -1.97. The third-order valence-corrected chi connectivity index (χ3v) is 8.85. The quantitative estimate of drug-likeness (QED) is 0.199. The van der Waals surface area contributed by atoms with Gasteiger partial charge in [-0.1, -0.05) is 91.9 Å². The molecule has 0 saturated heterocycles. The van der Waals surface area contributed by atoms with Crippen LogP contribution >= 0.6 is 0 Å². The number of methoxy groups -OCH3 is 1. The predicted octanol–water partition coefficient (Wildman–Crippen LogP) is 4.88. The van der Waals surface area contributed by atoms with Crippen molar-refractivity contribution in [3.8, 4) is 5.75 Å². The minimum Gasteiger partial charge on any atom is -0.497 e. The van der Waals surface area contributed by atoms with E-state index in [9.17, 15) is 18.0 Å². The molecule has 230 valence electrons. The minimum absolute atomic E-state index is 0.146. The molecule has 4 aromatic rings. The van der Waals surface area contributed by atoms with Crippen molar-refractivity contribution in [3.63, 3.8) is 0 Å². The van der Waals surface area contributed by atoms with Gasteiger partial charge in [-0.25, -0.2) is 13.1 Å². The molecular formula is C35H39N3O5S. The number of nitrogens with one attached hydrogen (secondary N) is 2. The van der Waals surface area contributed by atoms with Crippen LogP contribution in [-0.2, 0) is 45.5 Å². The number of benzene rings is 4. The Bertz CT molecular complexity index is 1590. The van der Waals surface area contributed by atoms with Crippen molar-refractivity contribution in [3.05, 3.63) is 131 Å². The maximum Gasteiger partial charge on any atom is 0.243 e. The number of aryl methyl sites for hydroxylation is 1. The molecule has 2 N–H and O–H groups in total. The van der Waals surface area contributed by atoms with Crippen molar-refractivity contribution in [2.75, 3.05) is 13.7 Å². The molecule has 4 rings (SSSR count). The molecule has 8 nitrogen and oxygen atoms in total. The highest BCUT2D eigenvalue weighted by Gasteiger charge is 2.30. The molecule has 0 radical (unpaired) electrons. The Hall–Kier alpha value is -4.47. The van der Waals surface area contributed by atoms with Gasteiger partial charge in [0.25, 0.3) is 0 Å². The molecule has 0 aromatic heterocycles. The van der Waals surface area contributed by atoms with Gasteiger partial charge in [0, 0.05) is 32.5 Å². The zero-order valence-electron chi connectivity index (χ0n) is 25.1. The second kappa shape index (κ2) is 15.8. The van der Waals surface area contributed by atoms with Crippen LogP contribution in [0.4, 0.5) is 0 Å². The smallest absolute Gasteiger partial charge is 0.243 e. The zero-order chi connectivity index (χ0) is 31.4. The highest BCUT2D eigenvalue weighted by atomic mass is 32.2. The molecule has 0 heterocycles. The fourth-order valence-electron chi connectivity index (χ4n) is 4.89. The minimum atomic E-state index is -3.57. The third-order valence-electron chi connectivity index (χ3n) is 7.29.